The molecular formula is C15H20ClNO2. The fourth-order valence-corrected chi connectivity index (χ4v) is 2.29. The van der Waals surface area contributed by atoms with Gasteiger partial charge in [-0.1, -0.05) is 37.3 Å². The Morgan fingerprint density at radius 2 is 1.89 bits per heavy atom. The van der Waals surface area contributed by atoms with E-state index in [1.807, 2.05) is 37.3 Å². The summed E-state index contributed by atoms with van der Waals surface area (Å²) >= 11 is 6.47. The molecule has 3 nitrogen and oxygen atoms in total. The zero-order chi connectivity index (χ0) is 14.4. The summed E-state index contributed by atoms with van der Waals surface area (Å²) in [4.78, 5) is 17.0. The van der Waals surface area contributed by atoms with Crippen molar-refractivity contribution < 1.29 is 9.63 Å². The van der Waals surface area contributed by atoms with Crippen LogP contribution < -0.4 is 0 Å². The van der Waals surface area contributed by atoms with E-state index in [0.29, 0.717) is 12.0 Å². The van der Waals surface area contributed by atoms with Crippen LogP contribution in [0.1, 0.15) is 31.2 Å². The molecule has 0 aliphatic heterocycles. The molecule has 1 aromatic carbocycles. The number of carbonyl (C=O) groups excluding carboxylic acids is 1. The maximum absolute atomic E-state index is 11.9. The standard InChI is InChI=1S/C15H20ClNO2/c1-5-13(11(2)15(18)19-17(3)4)14(16)12-9-7-6-8-10-12/h6-10,14H,5H2,1-4H3. The van der Waals surface area contributed by atoms with Gasteiger partial charge in [-0.05, 0) is 24.5 Å². The molecule has 104 valence electrons. The number of carbonyl (C=O) groups is 1. The van der Waals surface area contributed by atoms with Crippen LogP contribution in [0.4, 0.5) is 0 Å². The lowest BCUT2D eigenvalue weighted by Crippen LogP contribution is -2.20. The number of nitrogens with zero attached hydrogens (tertiary/aromatic N) is 1. The third-order valence-corrected chi connectivity index (χ3v) is 3.35. The predicted molar refractivity (Wildman–Crippen MR) is 77.8 cm³/mol. The molecular weight excluding hydrogens is 262 g/mol. The quantitative estimate of drug-likeness (QED) is 0.468. The SMILES string of the molecule is CCC(=C(C)C(=O)ON(C)C)C(Cl)c1ccccc1. The number of benzene rings is 1. The normalized spacial score (nSPS) is 14.0. The van der Waals surface area contributed by atoms with Crippen molar-refractivity contribution >= 4 is 17.6 Å². The summed E-state index contributed by atoms with van der Waals surface area (Å²) in [7, 11) is 3.35. The molecule has 1 unspecified atom stereocenters. The molecule has 0 aliphatic rings. The Morgan fingerprint density at radius 3 is 2.37 bits per heavy atom. The fourth-order valence-electron chi connectivity index (χ4n) is 1.82. The fraction of sp³-hybridized carbons (Fsp3) is 0.400. The number of halogens is 1. The van der Waals surface area contributed by atoms with Crippen LogP contribution in [0, 0.1) is 0 Å². The van der Waals surface area contributed by atoms with Gasteiger partial charge in [-0.25, -0.2) is 4.79 Å². The minimum Gasteiger partial charge on any atom is -0.365 e. The molecule has 0 N–H and O–H groups in total. The minimum absolute atomic E-state index is 0.305. The Kier molecular flexibility index (Phi) is 6.06. The first kappa shape index (κ1) is 15.7. The Bertz CT molecular complexity index is 454. The van der Waals surface area contributed by atoms with Crippen molar-refractivity contribution in [3.63, 3.8) is 0 Å². The van der Waals surface area contributed by atoms with Gasteiger partial charge in [0.1, 0.15) is 0 Å². The van der Waals surface area contributed by atoms with Crippen LogP contribution >= 0.6 is 11.6 Å². The van der Waals surface area contributed by atoms with Crippen LogP contribution in [0.5, 0.6) is 0 Å². The Balaban J connectivity index is 3.01. The monoisotopic (exact) mass is 281 g/mol. The summed E-state index contributed by atoms with van der Waals surface area (Å²) in [5.41, 5.74) is 2.44. The number of allylic oxidation sites excluding steroid dienone is 1. The molecule has 19 heavy (non-hydrogen) atoms. The van der Waals surface area contributed by atoms with E-state index in [4.69, 9.17) is 16.4 Å². The maximum Gasteiger partial charge on any atom is 0.352 e. The van der Waals surface area contributed by atoms with E-state index in [2.05, 4.69) is 0 Å². The first-order valence-corrected chi connectivity index (χ1v) is 6.69. The van der Waals surface area contributed by atoms with Gasteiger partial charge >= 0.3 is 5.97 Å². The highest BCUT2D eigenvalue weighted by Crippen LogP contribution is 2.32. The third kappa shape index (κ3) is 4.37. The van der Waals surface area contributed by atoms with Gasteiger partial charge in [-0.2, -0.15) is 0 Å². The van der Waals surface area contributed by atoms with Crippen molar-refractivity contribution in [2.24, 2.45) is 0 Å². The van der Waals surface area contributed by atoms with Gasteiger partial charge in [0.05, 0.1) is 5.38 Å². The maximum atomic E-state index is 11.9. The highest BCUT2D eigenvalue weighted by molar-refractivity contribution is 6.23. The van der Waals surface area contributed by atoms with Crippen LogP contribution in [0.15, 0.2) is 41.5 Å². The summed E-state index contributed by atoms with van der Waals surface area (Å²) in [6.07, 6.45) is 0.706. The Labute approximate surface area is 119 Å². The molecule has 1 rings (SSSR count). The second-order valence-corrected chi connectivity index (χ2v) is 4.90. The molecule has 0 bridgehead atoms. The highest BCUT2D eigenvalue weighted by Gasteiger charge is 2.19. The van der Waals surface area contributed by atoms with Gasteiger partial charge in [-0.3, -0.25) is 0 Å². The van der Waals surface area contributed by atoms with Crippen LogP contribution in [-0.4, -0.2) is 25.1 Å². The molecule has 0 spiro atoms. The van der Waals surface area contributed by atoms with E-state index < -0.39 is 0 Å². The van der Waals surface area contributed by atoms with Crippen molar-refractivity contribution in [3.05, 3.63) is 47.0 Å². The van der Waals surface area contributed by atoms with E-state index >= 15 is 0 Å². The Morgan fingerprint density at radius 1 is 1.32 bits per heavy atom. The first-order chi connectivity index (χ1) is 8.97. The van der Waals surface area contributed by atoms with Crippen LogP contribution in [-0.2, 0) is 9.63 Å². The summed E-state index contributed by atoms with van der Waals surface area (Å²) in [5, 5.41) is 1.08. The van der Waals surface area contributed by atoms with Crippen LogP contribution in [0.25, 0.3) is 0 Å². The minimum atomic E-state index is -0.358. The van der Waals surface area contributed by atoms with Crippen LogP contribution in [0.3, 0.4) is 0 Å². The number of hydroxylamine groups is 2. The zero-order valence-corrected chi connectivity index (χ0v) is 12.6. The zero-order valence-electron chi connectivity index (χ0n) is 11.8. The smallest absolute Gasteiger partial charge is 0.352 e. The Hall–Kier alpha value is -1.32. The molecule has 0 radical (unpaired) electrons. The van der Waals surface area contributed by atoms with Crippen molar-refractivity contribution in [3.8, 4) is 0 Å². The first-order valence-electron chi connectivity index (χ1n) is 6.25. The molecule has 1 atom stereocenters. The lowest BCUT2D eigenvalue weighted by atomic mass is 9.98. The van der Waals surface area contributed by atoms with Gasteiger partial charge in [0.15, 0.2) is 0 Å². The lowest BCUT2D eigenvalue weighted by molar-refractivity contribution is -0.173. The van der Waals surface area contributed by atoms with E-state index in [-0.39, 0.29) is 11.3 Å². The van der Waals surface area contributed by atoms with Gasteiger partial charge in [0.2, 0.25) is 0 Å². The van der Waals surface area contributed by atoms with Gasteiger partial charge < -0.3 is 4.84 Å². The third-order valence-electron chi connectivity index (χ3n) is 2.83. The molecule has 0 saturated heterocycles. The molecule has 0 aromatic heterocycles. The van der Waals surface area contributed by atoms with Gasteiger partial charge in [-0.15, -0.1) is 16.7 Å². The number of alkyl halides is 1. The highest BCUT2D eigenvalue weighted by atomic mass is 35.5. The second-order valence-electron chi connectivity index (χ2n) is 4.47. The summed E-state index contributed by atoms with van der Waals surface area (Å²) in [6.45, 7) is 3.74. The van der Waals surface area contributed by atoms with Crippen molar-refractivity contribution in [2.75, 3.05) is 14.1 Å². The topological polar surface area (TPSA) is 29.5 Å². The molecule has 0 aliphatic carbocycles. The summed E-state index contributed by atoms with van der Waals surface area (Å²) < 4.78 is 0. The van der Waals surface area contributed by atoms with Crippen molar-refractivity contribution in [1.82, 2.24) is 5.06 Å². The molecule has 1 aromatic rings. The lowest BCUT2D eigenvalue weighted by Gasteiger charge is -2.17. The number of hydrogen-bond acceptors (Lipinski definition) is 3. The average molecular weight is 282 g/mol. The van der Waals surface area contributed by atoms with E-state index in [9.17, 15) is 4.79 Å². The summed E-state index contributed by atoms with van der Waals surface area (Å²) in [6, 6.07) is 9.72. The van der Waals surface area contributed by atoms with Crippen molar-refractivity contribution in [1.29, 1.82) is 0 Å². The molecule has 4 heteroatoms. The van der Waals surface area contributed by atoms with E-state index in [1.165, 1.54) is 5.06 Å². The number of rotatable bonds is 5. The second kappa shape index (κ2) is 7.31. The molecule has 0 saturated carbocycles. The van der Waals surface area contributed by atoms with E-state index in [0.717, 1.165) is 11.1 Å². The van der Waals surface area contributed by atoms with Gasteiger partial charge in [0.25, 0.3) is 0 Å². The number of hydrogen-bond donors (Lipinski definition) is 0. The largest absolute Gasteiger partial charge is 0.365 e. The van der Waals surface area contributed by atoms with Crippen molar-refractivity contribution in [2.45, 2.75) is 25.6 Å². The van der Waals surface area contributed by atoms with Crippen LogP contribution in [0.2, 0.25) is 0 Å². The van der Waals surface area contributed by atoms with Gasteiger partial charge in [0, 0.05) is 19.7 Å². The average Bonchev–Trinajstić information content (AvgIpc) is 2.39. The predicted octanol–water partition coefficient (Wildman–Crippen LogP) is 3.71. The van der Waals surface area contributed by atoms with E-state index in [1.54, 1.807) is 21.0 Å². The molecule has 0 heterocycles. The molecule has 0 fully saturated rings. The molecule has 0 amide bonds. The summed E-state index contributed by atoms with van der Waals surface area (Å²) in [5.74, 6) is -0.358.